The molecular weight excluding hydrogens is 334 g/mol. The Hall–Kier alpha value is -3.51. The molecule has 3 heteroatoms. The van der Waals surface area contributed by atoms with Crippen LogP contribution in [0.25, 0.3) is 0 Å². The molecule has 0 N–H and O–H groups in total. The Morgan fingerprint density at radius 3 is 2.22 bits per heavy atom. The van der Waals surface area contributed by atoms with Crippen LogP contribution >= 0.6 is 0 Å². The maximum atomic E-state index is 13.0. The average Bonchev–Trinajstić information content (AvgIpc) is 3.16. The normalized spacial score (nSPS) is 12.1. The molecule has 3 aromatic rings. The van der Waals surface area contributed by atoms with Crippen LogP contribution in [0.3, 0.4) is 0 Å². The van der Waals surface area contributed by atoms with Crippen LogP contribution < -0.4 is 4.74 Å². The molecule has 0 unspecified atom stereocenters. The summed E-state index contributed by atoms with van der Waals surface area (Å²) in [5.41, 5.74) is 4.68. The maximum Gasteiger partial charge on any atom is 0.254 e. The summed E-state index contributed by atoms with van der Waals surface area (Å²) < 4.78 is 5.42. The van der Waals surface area contributed by atoms with Crippen LogP contribution in [-0.4, -0.2) is 17.9 Å². The first-order valence-electron chi connectivity index (χ1n) is 8.86. The zero-order valence-corrected chi connectivity index (χ0v) is 15.1. The molecule has 0 saturated carbocycles. The molecule has 27 heavy (non-hydrogen) atoms. The molecular formula is C24H19NO2. The van der Waals surface area contributed by atoms with Crippen molar-refractivity contribution in [2.75, 3.05) is 7.11 Å². The minimum absolute atomic E-state index is 0.0108. The number of carbonyl (C=O) groups excluding carboxylic acids is 1. The number of fused-ring (bicyclic) bond motifs is 1. The van der Waals surface area contributed by atoms with Gasteiger partial charge in [-0.05, 0) is 41.5 Å². The number of rotatable bonds is 2. The Morgan fingerprint density at radius 1 is 0.889 bits per heavy atom. The van der Waals surface area contributed by atoms with E-state index in [4.69, 9.17) is 4.74 Å². The molecule has 0 bridgehead atoms. The number of ether oxygens (including phenoxy) is 1. The zero-order valence-electron chi connectivity index (χ0n) is 15.1. The van der Waals surface area contributed by atoms with Crippen LogP contribution in [0.5, 0.6) is 5.75 Å². The monoisotopic (exact) mass is 353 g/mol. The van der Waals surface area contributed by atoms with Crippen LogP contribution in [-0.2, 0) is 13.1 Å². The van der Waals surface area contributed by atoms with Gasteiger partial charge in [0.1, 0.15) is 5.75 Å². The molecule has 0 atom stereocenters. The number of hydrogen-bond acceptors (Lipinski definition) is 2. The van der Waals surface area contributed by atoms with E-state index in [1.165, 1.54) is 11.1 Å². The molecule has 3 aromatic carbocycles. The second-order valence-corrected chi connectivity index (χ2v) is 6.46. The van der Waals surface area contributed by atoms with Crippen LogP contribution in [0.1, 0.15) is 32.6 Å². The number of benzene rings is 3. The van der Waals surface area contributed by atoms with E-state index >= 15 is 0 Å². The summed E-state index contributed by atoms with van der Waals surface area (Å²) in [7, 11) is 1.61. The van der Waals surface area contributed by atoms with Gasteiger partial charge in [0.05, 0.1) is 12.7 Å². The molecule has 1 heterocycles. The second kappa shape index (κ2) is 7.39. The van der Waals surface area contributed by atoms with E-state index in [-0.39, 0.29) is 5.91 Å². The lowest BCUT2D eigenvalue weighted by molar-refractivity contribution is 0.0751. The summed E-state index contributed by atoms with van der Waals surface area (Å²) in [6.45, 7) is 1.29. The molecule has 1 aliphatic heterocycles. The third-order valence-corrected chi connectivity index (χ3v) is 4.69. The van der Waals surface area contributed by atoms with Gasteiger partial charge in [0.25, 0.3) is 5.91 Å². The first kappa shape index (κ1) is 16.9. The van der Waals surface area contributed by atoms with Crippen LogP contribution in [0, 0.1) is 11.8 Å². The molecule has 1 aliphatic rings. The van der Waals surface area contributed by atoms with Gasteiger partial charge in [0.2, 0.25) is 0 Å². The Morgan fingerprint density at radius 2 is 1.56 bits per heavy atom. The summed E-state index contributed by atoms with van der Waals surface area (Å²) >= 11 is 0. The smallest absolute Gasteiger partial charge is 0.254 e. The van der Waals surface area contributed by atoms with E-state index in [1.54, 1.807) is 13.2 Å². The van der Waals surface area contributed by atoms with Crippen molar-refractivity contribution in [2.45, 2.75) is 13.1 Å². The molecule has 0 spiro atoms. The Balaban J connectivity index is 1.61. The van der Waals surface area contributed by atoms with Gasteiger partial charge in [0, 0.05) is 24.2 Å². The number of hydrogen-bond donors (Lipinski definition) is 0. The standard InChI is InChI=1S/C24H19NO2/c1-27-23-14-13-20(15-19(23)12-11-18-7-3-2-4-8-18)24(26)25-16-21-9-5-6-10-22(21)17-25/h2-10,13-15H,16-17H2,1H3. The van der Waals surface area contributed by atoms with Crippen LogP contribution in [0.2, 0.25) is 0 Å². The number of carbonyl (C=O) groups is 1. The van der Waals surface area contributed by atoms with E-state index in [1.807, 2.05) is 59.5 Å². The van der Waals surface area contributed by atoms with Crippen molar-refractivity contribution in [1.82, 2.24) is 4.90 Å². The van der Waals surface area contributed by atoms with E-state index in [0.717, 1.165) is 5.56 Å². The van der Waals surface area contributed by atoms with Gasteiger partial charge in [0.15, 0.2) is 0 Å². The highest BCUT2D eigenvalue weighted by Crippen LogP contribution is 2.26. The van der Waals surface area contributed by atoms with Gasteiger partial charge >= 0.3 is 0 Å². The predicted molar refractivity (Wildman–Crippen MR) is 105 cm³/mol. The summed E-state index contributed by atoms with van der Waals surface area (Å²) in [5.74, 6) is 6.95. The second-order valence-electron chi connectivity index (χ2n) is 6.46. The summed E-state index contributed by atoms with van der Waals surface area (Å²) in [4.78, 5) is 14.8. The van der Waals surface area contributed by atoms with Crippen molar-refractivity contribution >= 4 is 5.91 Å². The van der Waals surface area contributed by atoms with Crippen molar-refractivity contribution < 1.29 is 9.53 Å². The molecule has 0 aliphatic carbocycles. The molecule has 132 valence electrons. The molecule has 0 fully saturated rings. The Bertz CT molecular complexity index is 1020. The molecule has 3 nitrogen and oxygen atoms in total. The summed E-state index contributed by atoms with van der Waals surface area (Å²) in [6.07, 6.45) is 0. The third kappa shape index (κ3) is 3.56. The zero-order chi connectivity index (χ0) is 18.6. The van der Waals surface area contributed by atoms with E-state index in [0.29, 0.717) is 30.0 Å². The highest BCUT2D eigenvalue weighted by atomic mass is 16.5. The highest BCUT2D eigenvalue weighted by Gasteiger charge is 2.24. The van der Waals surface area contributed by atoms with Gasteiger partial charge in [-0.3, -0.25) is 4.79 Å². The number of amides is 1. The van der Waals surface area contributed by atoms with Crippen LogP contribution in [0.4, 0.5) is 0 Å². The SMILES string of the molecule is COc1ccc(C(=O)N2Cc3ccccc3C2)cc1C#Cc1ccccc1. The lowest BCUT2D eigenvalue weighted by Crippen LogP contribution is -2.25. The Kier molecular flexibility index (Phi) is 4.63. The predicted octanol–water partition coefficient (Wildman–Crippen LogP) is 4.25. The van der Waals surface area contributed by atoms with Crippen molar-refractivity contribution in [2.24, 2.45) is 0 Å². The Labute approximate surface area is 159 Å². The fourth-order valence-electron chi connectivity index (χ4n) is 3.26. The largest absolute Gasteiger partial charge is 0.495 e. The van der Waals surface area contributed by atoms with Crippen molar-refractivity contribution in [3.63, 3.8) is 0 Å². The molecule has 1 amide bonds. The fourth-order valence-corrected chi connectivity index (χ4v) is 3.26. The molecule has 0 saturated heterocycles. The summed E-state index contributed by atoms with van der Waals surface area (Å²) in [5, 5.41) is 0. The van der Waals surface area contributed by atoms with Crippen molar-refractivity contribution in [3.8, 4) is 17.6 Å². The topological polar surface area (TPSA) is 29.5 Å². The van der Waals surface area contributed by atoms with E-state index in [2.05, 4.69) is 24.0 Å². The van der Waals surface area contributed by atoms with E-state index < -0.39 is 0 Å². The minimum Gasteiger partial charge on any atom is -0.495 e. The van der Waals surface area contributed by atoms with Crippen molar-refractivity contribution in [1.29, 1.82) is 0 Å². The minimum atomic E-state index is 0.0108. The van der Waals surface area contributed by atoms with Crippen molar-refractivity contribution in [3.05, 3.63) is 101 Å². The quantitative estimate of drug-likeness (QED) is 0.645. The molecule has 4 rings (SSSR count). The van der Waals surface area contributed by atoms with Gasteiger partial charge < -0.3 is 9.64 Å². The van der Waals surface area contributed by atoms with Gasteiger partial charge in [-0.25, -0.2) is 0 Å². The summed E-state index contributed by atoms with van der Waals surface area (Å²) in [6, 6.07) is 23.4. The molecule has 0 radical (unpaired) electrons. The maximum absolute atomic E-state index is 13.0. The first-order chi connectivity index (χ1) is 13.2. The van der Waals surface area contributed by atoms with Gasteiger partial charge in [-0.15, -0.1) is 0 Å². The lowest BCUT2D eigenvalue weighted by atomic mass is 10.1. The number of methoxy groups -OCH3 is 1. The lowest BCUT2D eigenvalue weighted by Gasteiger charge is -2.16. The third-order valence-electron chi connectivity index (χ3n) is 4.69. The van der Waals surface area contributed by atoms with Gasteiger partial charge in [-0.1, -0.05) is 54.3 Å². The number of nitrogens with zero attached hydrogens (tertiary/aromatic N) is 1. The van der Waals surface area contributed by atoms with Crippen LogP contribution in [0.15, 0.2) is 72.8 Å². The van der Waals surface area contributed by atoms with E-state index in [9.17, 15) is 4.79 Å². The first-order valence-corrected chi connectivity index (χ1v) is 8.86. The fraction of sp³-hybridized carbons (Fsp3) is 0.125. The molecule has 0 aromatic heterocycles. The average molecular weight is 353 g/mol. The van der Waals surface area contributed by atoms with Gasteiger partial charge in [-0.2, -0.15) is 0 Å². The highest BCUT2D eigenvalue weighted by molar-refractivity contribution is 5.95.